The van der Waals surface area contributed by atoms with Gasteiger partial charge in [0, 0.05) is 36.0 Å². The number of hydrogen-bond acceptors (Lipinski definition) is 6. The number of anilines is 2. The second-order valence-electron chi connectivity index (χ2n) is 8.82. The van der Waals surface area contributed by atoms with Gasteiger partial charge in [-0.15, -0.1) is 16.9 Å². The maximum Gasteiger partial charge on any atom is 0.291 e. The Labute approximate surface area is 203 Å². The van der Waals surface area contributed by atoms with Gasteiger partial charge >= 0.3 is 0 Å². The maximum absolute atomic E-state index is 13.3. The number of carbonyl (C=O) groups is 2. The van der Waals surface area contributed by atoms with E-state index in [1.165, 1.54) is 19.2 Å². The zero-order valence-electron chi connectivity index (χ0n) is 19.3. The van der Waals surface area contributed by atoms with Gasteiger partial charge in [0.1, 0.15) is 12.4 Å². The van der Waals surface area contributed by atoms with Gasteiger partial charge in [0.25, 0.3) is 5.91 Å². The molecule has 9 heteroatoms. The van der Waals surface area contributed by atoms with Crippen molar-refractivity contribution in [3.63, 3.8) is 0 Å². The molecule has 1 aromatic heterocycles. The molecule has 1 fully saturated rings. The summed E-state index contributed by atoms with van der Waals surface area (Å²) in [6, 6.07) is 16.0. The van der Waals surface area contributed by atoms with Crippen LogP contribution in [0.25, 0.3) is 0 Å². The van der Waals surface area contributed by atoms with E-state index in [0.717, 1.165) is 28.4 Å². The van der Waals surface area contributed by atoms with Crippen LogP contribution < -0.4 is 15.1 Å². The van der Waals surface area contributed by atoms with E-state index in [1.54, 1.807) is 28.4 Å². The molecule has 2 aromatic carbocycles. The highest BCUT2D eigenvalue weighted by molar-refractivity contribution is 7.99. The third-order valence-electron chi connectivity index (χ3n) is 6.45. The summed E-state index contributed by atoms with van der Waals surface area (Å²) in [7, 11) is 1.77. The molecular weight excluding hydrogens is 448 g/mol. The lowest BCUT2D eigenvalue weighted by Crippen LogP contribution is -2.48. The molecule has 0 aliphatic carbocycles. The Morgan fingerprint density at radius 1 is 1.21 bits per heavy atom. The molecule has 1 N–H and O–H groups in total. The second-order valence-corrected chi connectivity index (χ2v) is 9.88. The van der Waals surface area contributed by atoms with Crippen molar-refractivity contribution in [2.45, 2.75) is 43.3 Å². The zero-order chi connectivity index (χ0) is 23.7. The Morgan fingerprint density at radius 3 is 2.79 bits per heavy atom. The van der Waals surface area contributed by atoms with Crippen molar-refractivity contribution < 1.29 is 9.59 Å². The summed E-state index contributed by atoms with van der Waals surface area (Å²) >= 11 is 1.58. The van der Waals surface area contributed by atoms with Crippen LogP contribution >= 0.6 is 11.8 Å². The number of carbonyl (C=O) groups excluding carboxylic acids is 2. The van der Waals surface area contributed by atoms with Crippen molar-refractivity contribution in [3.8, 4) is 0 Å². The fourth-order valence-electron chi connectivity index (χ4n) is 4.55. The van der Waals surface area contributed by atoms with Crippen LogP contribution in [0.4, 0.5) is 11.4 Å². The number of fused-ring (bicyclic) bond motifs is 1. The average molecular weight is 477 g/mol. The Balaban J connectivity index is 1.28. The summed E-state index contributed by atoms with van der Waals surface area (Å²) in [6.07, 6.45) is 3.91. The molecule has 3 aromatic rings. The highest BCUT2D eigenvalue weighted by Crippen LogP contribution is 2.38. The molecule has 0 bridgehead atoms. The van der Waals surface area contributed by atoms with E-state index in [1.807, 2.05) is 30.3 Å². The number of rotatable bonds is 5. The van der Waals surface area contributed by atoms with Crippen LogP contribution in [0.3, 0.4) is 0 Å². The monoisotopic (exact) mass is 476 g/mol. The SMILES string of the molecule is C[C@H]1CCCN1c1ccc2c(c1)N(C)C(=O)[C@@H](NC(=O)c1ncn(Cc3ccccc3)n1)CS2. The average Bonchev–Trinajstić information content (AvgIpc) is 3.48. The molecule has 2 aliphatic heterocycles. The van der Waals surface area contributed by atoms with Gasteiger partial charge in [0.15, 0.2) is 0 Å². The van der Waals surface area contributed by atoms with Crippen LogP contribution in [0.2, 0.25) is 0 Å². The van der Waals surface area contributed by atoms with Crippen LogP contribution in [0, 0.1) is 0 Å². The largest absolute Gasteiger partial charge is 0.369 e. The summed E-state index contributed by atoms with van der Waals surface area (Å²) in [4.78, 5) is 35.3. The molecule has 0 spiro atoms. The molecule has 2 atom stereocenters. The lowest BCUT2D eigenvalue weighted by molar-refractivity contribution is -0.119. The molecule has 176 valence electrons. The third kappa shape index (κ3) is 4.52. The number of benzene rings is 2. The van der Waals surface area contributed by atoms with E-state index >= 15 is 0 Å². The van der Waals surface area contributed by atoms with E-state index in [2.05, 4.69) is 45.4 Å². The number of aromatic nitrogens is 3. The normalized spacial score (nSPS) is 20.2. The summed E-state index contributed by atoms with van der Waals surface area (Å²) in [5.41, 5.74) is 3.09. The topological polar surface area (TPSA) is 83.4 Å². The van der Waals surface area contributed by atoms with Gasteiger partial charge < -0.3 is 15.1 Å². The summed E-state index contributed by atoms with van der Waals surface area (Å²) < 4.78 is 1.62. The number of likely N-dealkylation sites (N-methyl/N-ethyl adjacent to an activating group) is 1. The summed E-state index contributed by atoms with van der Waals surface area (Å²) in [5, 5.41) is 7.14. The predicted molar refractivity (Wildman–Crippen MR) is 133 cm³/mol. The van der Waals surface area contributed by atoms with E-state index in [0.29, 0.717) is 18.3 Å². The van der Waals surface area contributed by atoms with Crippen LogP contribution in [0.15, 0.2) is 59.8 Å². The molecule has 2 amide bonds. The van der Waals surface area contributed by atoms with Gasteiger partial charge in [-0.3, -0.25) is 9.59 Å². The minimum Gasteiger partial charge on any atom is -0.369 e. The Hall–Kier alpha value is -3.33. The first kappa shape index (κ1) is 22.5. The van der Waals surface area contributed by atoms with Crippen molar-refractivity contribution in [1.29, 1.82) is 0 Å². The van der Waals surface area contributed by atoms with Gasteiger partial charge in [-0.05, 0) is 43.5 Å². The molecule has 3 heterocycles. The van der Waals surface area contributed by atoms with Crippen LogP contribution in [-0.2, 0) is 11.3 Å². The van der Waals surface area contributed by atoms with Gasteiger partial charge in [-0.25, -0.2) is 9.67 Å². The van der Waals surface area contributed by atoms with E-state index < -0.39 is 11.9 Å². The molecule has 8 nitrogen and oxygen atoms in total. The number of hydrogen-bond donors (Lipinski definition) is 1. The van der Waals surface area contributed by atoms with Crippen molar-refractivity contribution in [3.05, 3.63) is 66.2 Å². The fourth-order valence-corrected chi connectivity index (χ4v) is 5.63. The molecule has 2 aliphatic rings. The molecule has 5 rings (SSSR count). The smallest absolute Gasteiger partial charge is 0.291 e. The third-order valence-corrected chi connectivity index (χ3v) is 7.61. The standard InChI is InChI=1S/C25H28N6O2S/c1-17-7-6-12-31(17)19-10-11-22-21(13-19)29(2)25(33)20(15-34-22)27-24(32)23-26-16-30(28-23)14-18-8-4-3-5-9-18/h3-5,8-11,13,16-17,20H,6-7,12,14-15H2,1-2H3,(H,27,32)/t17-,20-/m0/s1. The molecule has 0 radical (unpaired) electrons. The van der Waals surface area contributed by atoms with Crippen molar-refractivity contribution in [2.24, 2.45) is 0 Å². The minimum absolute atomic E-state index is 0.0588. The Kier molecular flexibility index (Phi) is 6.28. The molecule has 0 unspecified atom stereocenters. The number of nitrogens with one attached hydrogen (secondary N) is 1. The van der Waals surface area contributed by atoms with E-state index in [-0.39, 0.29) is 11.7 Å². The Bertz CT molecular complexity index is 1200. The van der Waals surface area contributed by atoms with Crippen molar-refractivity contribution in [2.75, 3.05) is 29.1 Å². The maximum atomic E-state index is 13.3. The second kappa shape index (κ2) is 9.50. The van der Waals surface area contributed by atoms with Gasteiger partial charge in [-0.1, -0.05) is 30.3 Å². The molecular formula is C25H28N6O2S. The predicted octanol–water partition coefficient (Wildman–Crippen LogP) is 3.18. The lowest BCUT2D eigenvalue weighted by Gasteiger charge is -2.26. The van der Waals surface area contributed by atoms with Crippen molar-refractivity contribution in [1.82, 2.24) is 20.1 Å². The zero-order valence-corrected chi connectivity index (χ0v) is 20.2. The van der Waals surface area contributed by atoms with Gasteiger partial charge in [0.05, 0.1) is 12.2 Å². The number of amides is 2. The quantitative estimate of drug-likeness (QED) is 0.609. The number of nitrogens with zero attached hydrogens (tertiary/aromatic N) is 5. The minimum atomic E-state index is -0.662. The Morgan fingerprint density at radius 2 is 2.03 bits per heavy atom. The fraction of sp³-hybridized carbons (Fsp3) is 0.360. The van der Waals surface area contributed by atoms with Gasteiger partial charge in [-0.2, -0.15) is 0 Å². The summed E-state index contributed by atoms with van der Waals surface area (Å²) in [5.74, 6) is -0.0818. The molecule has 0 saturated carbocycles. The number of thioether (sulfide) groups is 1. The first-order valence-electron chi connectivity index (χ1n) is 11.5. The van der Waals surface area contributed by atoms with Crippen LogP contribution in [0.1, 0.15) is 35.9 Å². The van der Waals surface area contributed by atoms with Crippen LogP contribution in [-0.4, -0.2) is 58.0 Å². The molecule has 34 heavy (non-hydrogen) atoms. The highest BCUT2D eigenvalue weighted by Gasteiger charge is 2.32. The van der Waals surface area contributed by atoms with Crippen LogP contribution in [0.5, 0.6) is 0 Å². The van der Waals surface area contributed by atoms with E-state index in [9.17, 15) is 9.59 Å². The first-order chi connectivity index (χ1) is 16.5. The van der Waals surface area contributed by atoms with Crippen molar-refractivity contribution >= 4 is 35.0 Å². The lowest BCUT2D eigenvalue weighted by atomic mass is 10.2. The summed E-state index contributed by atoms with van der Waals surface area (Å²) in [6.45, 7) is 3.80. The highest BCUT2D eigenvalue weighted by atomic mass is 32.2. The molecule has 1 saturated heterocycles. The van der Waals surface area contributed by atoms with E-state index in [4.69, 9.17) is 0 Å². The van der Waals surface area contributed by atoms with Gasteiger partial charge in [0.2, 0.25) is 11.7 Å². The first-order valence-corrected chi connectivity index (χ1v) is 12.5.